The topological polar surface area (TPSA) is 6.48 Å². The van der Waals surface area contributed by atoms with Gasteiger partial charge in [-0.2, -0.15) is 0 Å². The minimum atomic E-state index is -0.812. The van der Waals surface area contributed by atoms with Crippen molar-refractivity contribution >= 4 is 46.3 Å². The second-order valence-electron chi connectivity index (χ2n) is 29.8. The zero-order chi connectivity index (χ0) is 73.2. The molecule has 2 unspecified atom stereocenters. The summed E-state index contributed by atoms with van der Waals surface area (Å²) in [6.07, 6.45) is 5.40. The fourth-order valence-corrected chi connectivity index (χ4v) is 18.5. The summed E-state index contributed by atoms with van der Waals surface area (Å²) in [6.45, 7) is 12.6. The second kappa shape index (κ2) is 27.2. The Balaban J connectivity index is 0.827. The van der Waals surface area contributed by atoms with Gasteiger partial charge in [-0.1, -0.05) is 352 Å². The van der Waals surface area contributed by atoms with E-state index in [1.807, 2.05) is 12.2 Å². The van der Waals surface area contributed by atoms with Gasteiger partial charge in [-0.25, -0.2) is 0 Å². The average Bonchev–Trinajstić information content (AvgIpc) is 1.55. The molecule has 0 amide bonds. The molecule has 0 saturated carbocycles. The highest BCUT2D eigenvalue weighted by molar-refractivity contribution is 5.95. The van der Waals surface area contributed by atoms with E-state index in [1.165, 1.54) is 122 Å². The van der Waals surface area contributed by atoms with Crippen LogP contribution in [-0.4, -0.2) is 0 Å². The number of nitrogens with zero attached hydrogens (tertiary/aromatic N) is 2. The lowest BCUT2D eigenvalue weighted by Crippen LogP contribution is -2.30. The molecule has 0 N–H and O–H groups in total. The molecule has 19 rings (SSSR count). The maximum Gasteiger partial charge on any atom is 0.0715 e. The van der Waals surface area contributed by atoms with Gasteiger partial charge >= 0.3 is 0 Å². The molecule has 2 nitrogen and oxygen atoms in total. The largest absolute Gasteiger partial charge is 0.310 e. The van der Waals surface area contributed by atoms with E-state index in [0.717, 1.165) is 69.2 Å². The Morgan fingerprint density at radius 2 is 0.523 bits per heavy atom. The molecule has 518 valence electrons. The SMILES string of the molecule is C=Cc1ccc(CC2(c3ccc(C)cc3)c3ccccc3-c3ccc(N(c4ccc(-c5ccccc5)cc4)c4ccc5c(c4)C(c4ccccc4)(c4ccccc4)c4cc(N(c6ccc(-c7ccccc7)cc6)c6ccc7c(c6)C(Cc6ccc(C=C)cc6)(c6ccc(C)cc6)c6ccccc6-7)ccc4-5)cc32)cc1. The summed E-state index contributed by atoms with van der Waals surface area (Å²) in [6, 6.07) is 147. The molecule has 3 aliphatic rings. The molecule has 0 saturated heterocycles. The summed E-state index contributed by atoms with van der Waals surface area (Å²) in [5.41, 5.74) is 36.3. The van der Waals surface area contributed by atoms with Gasteiger partial charge in [0.2, 0.25) is 0 Å². The van der Waals surface area contributed by atoms with Gasteiger partial charge in [0.25, 0.3) is 0 Å². The molecule has 2 heteroatoms. The zero-order valence-electron chi connectivity index (χ0n) is 61.3. The van der Waals surface area contributed by atoms with Crippen molar-refractivity contribution in [1.82, 2.24) is 0 Å². The van der Waals surface area contributed by atoms with Crippen LogP contribution in [0.3, 0.4) is 0 Å². The van der Waals surface area contributed by atoms with Crippen molar-refractivity contribution in [2.75, 3.05) is 9.80 Å². The van der Waals surface area contributed by atoms with E-state index in [-0.39, 0.29) is 0 Å². The van der Waals surface area contributed by atoms with Crippen LogP contribution in [0.4, 0.5) is 34.1 Å². The van der Waals surface area contributed by atoms with Crippen LogP contribution in [0.1, 0.15) is 89.0 Å². The molecule has 0 bridgehead atoms. The van der Waals surface area contributed by atoms with E-state index in [4.69, 9.17) is 0 Å². The molecule has 2 atom stereocenters. The molecule has 3 aliphatic carbocycles. The Hall–Kier alpha value is -13.4. The number of rotatable bonds is 18. The first-order valence-electron chi connectivity index (χ1n) is 38.1. The van der Waals surface area contributed by atoms with Gasteiger partial charge in [0.05, 0.1) is 16.2 Å². The summed E-state index contributed by atoms with van der Waals surface area (Å²) in [5, 5.41) is 0. The van der Waals surface area contributed by atoms with Gasteiger partial charge in [-0.15, -0.1) is 0 Å². The van der Waals surface area contributed by atoms with E-state index in [9.17, 15) is 0 Å². The third-order valence-electron chi connectivity index (χ3n) is 23.8. The maximum absolute atomic E-state index is 4.13. The van der Waals surface area contributed by atoms with Crippen LogP contribution >= 0.6 is 0 Å². The number of anilines is 6. The first-order chi connectivity index (χ1) is 53.7. The predicted molar refractivity (Wildman–Crippen MR) is 457 cm³/mol. The van der Waals surface area contributed by atoms with Crippen LogP contribution in [0.5, 0.6) is 0 Å². The number of benzene rings is 16. The highest BCUT2D eigenvalue weighted by Crippen LogP contribution is 2.62. The molecular weight excluding hydrogens is 1310 g/mol. The van der Waals surface area contributed by atoms with E-state index in [2.05, 4.69) is 425 Å². The van der Waals surface area contributed by atoms with Crippen molar-refractivity contribution in [1.29, 1.82) is 0 Å². The van der Waals surface area contributed by atoms with Gasteiger partial charge in [0, 0.05) is 34.1 Å². The lowest BCUT2D eigenvalue weighted by Gasteiger charge is -2.36. The number of hydrogen-bond acceptors (Lipinski definition) is 2. The lowest BCUT2D eigenvalue weighted by atomic mass is 9.67. The highest BCUT2D eigenvalue weighted by atomic mass is 15.1. The van der Waals surface area contributed by atoms with Crippen molar-refractivity contribution in [2.24, 2.45) is 0 Å². The molecule has 0 fully saturated rings. The summed E-state index contributed by atoms with van der Waals surface area (Å²) < 4.78 is 0. The summed E-state index contributed by atoms with van der Waals surface area (Å²) in [5.74, 6) is 0. The van der Waals surface area contributed by atoms with E-state index in [0.29, 0.717) is 0 Å². The third-order valence-corrected chi connectivity index (χ3v) is 23.8. The minimum absolute atomic E-state index is 0.535. The zero-order valence-corrected chi connectivity index (χ0v) is 61.3. The van der Waals surface area contributed by atoms with Gasteiger partial charge < -0.3 is 9.80 Å². The van der Waals surface area contributed by atoms with E-state index >= 15 is 0 Å². The van der Waals surface area contributed by atoms with Crippen LogP contribution < -0.4 is 9.80 Å². The van der Waals surface area contributed by atoms with E-state index < -0.39 is 16.2 Å². The predicted octanol–water partition coefficient (Wildman–Crippen LogP) is 27.3. The monoisotopic (exact) mass is 1390 g/mol. The molecule has 16 aromatic carbocycles. The molecule has 16 aromatic rings. The van der Waals surface area contributed by atoms with Crippen molar-refractivity contribution in [2.45, 2.75) is 42.9 Å². The van der Waals surface area contributed by atoms with E-state index in [1.54, 1.807) is 0 Å². The summed E-state index contributed by atoms with van der Waals surface area (Å²) in [7, 11) is 0. The Bertz CT molecular complexity index is 5720. The Morgan fingerprint density at radius 1 is 0.239 bits per heavy atom. The smallest absolute Gasteiger partial charge is 0.0715 e. The molecule has 0 aliphatic heterocycles. The maximum atomic E-state index is 4.13. The van der Waals surface area contributed by atoms with Gasteiger partial charge in [-0.3, -0.25) is 0 Å². The Kier molecular flexibility index (Phi) is 16.5. The van der Waals surface area contributed by atoms with Gasteiger partial charge in [0.15, 0.2) is 0 Å². The Labute approximate surface area is 640 Å². The molecule has 109 heavy (non-hydrogen) atoms. The first kappa shape index (κ1) is 66.3. The number of aryl methyl sites for hydroxylation is 2. The molecule has 0 spiro atoms. The van der Waals surface area contributed by atoms with Crippen LogP contribution in [0.15, 0.2) is 401 Å². The van der Waals surface area contributed by atoms with Gasteiger partial charge in [-0.05, 0) is 233 Å². The van der Waals surface area contributed by atoms with Crippen molar-refractivity contribution in [3.63, 3.8) is 0 Å². The lowest BCUT2D eigenvalue weighted by molar-refractivity contribution is 0.629. The average molecular weight is 1390 g/mol. The number of fused-ring (bicyclic) bond motifs is 9. The fraction of sp³-hybridized carbons (Fsp3) is 0.0654. The fourth-order valence-electron chi connectivity index (χ4n) is 18.5. The van der Waals surface area contributed by atoms with Crippen molar-refractivity contribution < 1.29 is 0 Å². The molecular formula is C107H80N2. The standard InChI is InChI=1S/C107H80N2/c1-5-75-39-43-77(44-40-75)71-105(83-51-35-73(3)36-52-83)99-33-21-19-31-93(99)95-63-59-89(67-101(95)105)108(87-55-47-81(48-56-87)79-23-11-7-12-24-79)91-61-65-97-98-66-62-92(70-104(98)107(103(97)69-91,85-27-15-9-16-28-85)86-29-17-10-18-30-86)109(88-57-49-82(50-58-88)80-25-13-8-14-26-80)90-60-64-96-94-32-20-22-34-100(94)106(102(96)68-90,84-53-37-74(4)38-54-84)72-78-45-41-76(6-2)42-46-78/h5-70H,1-2,71-72H2,3-4H3. The first-order valence-corrected chi connectivity index (χ1v) is 38.1. The minimum Gasteiger partial charge on any atom is -0.310 e. The Morgan fingerprint density at radius 3 is 0.872 bits per heavy atom. The summed E-state index contributed by atoms with van der Waals surface area (Å²) in [4.78, 5) is 5.04. The quantitative estimate of drug-likeness (QED) is 0.0845. The van der Waals surface area contributed by atoms with Crippen LogP contribution in [0, 0.1) is 13.8 Å². The van der Waals surface area contributed by atoms with Gasteiger partial charge in [0.1, 0.15) is 0 Å². The van der Waals surface area contributed by atoms with Crippen LogP contribution in [-0.2, 0) is 29.1 Å². The van der Waals surface area contributed by atoms with Crippen LogP contribution in [0.2, 0.25) is 0 Å². The van der Waals surface area contributed by atoms with Crippen molar-refractivity contribution in [3.05, 3.63) is 490 Å². The molecule has 0 heterocycles. The third kappa shape index (κ3) is 11.1. The normalized spacial score (nSPS) is 15.2. The highest BCUT2D eigenvalue weighted by Gasteiger charge is 2.50. The van der Waals surface area contributed by atoms with Crippen molar-refractivity contribution in [3.8, 4) is 55.6 Å². The number of hydrogen-bond donors (Lipinski definition) is 0. The summed E-state index contributed by atoms with van der Waals surface area (Å²) >= 11 is 0. The molecule has 0 radical (unpaired) electrons. The van der Waals surface area contributed by atoms with Crippen LogP contribution in [0.25, 0.3) is 67.8 Å². The molecule has 0 aromatic heterocycles. The second-order valence-corrected chi connectivity index (χ2v) is 29.8.